The normalized spacial score (nSPS) is 10.2. The number of nitrogen functional groups attached to an aromatic ring is 1. The lowest BCUT2D eigenvalue weighted by Gasteiger charge is -2.07. The van der Waals surface area contributed by atoms with Gasteiger partial charge in [0.15, 0.2) is 11.6 Å². The molecular weight excluding hydrogens is 291 g/mol. The summed E-state index contributed by atoms with van der Waals surface area (Å²) >= 11 is 0. The molecule has 1 aromatic carbocycles. The number of anilines is 2. The molecule has 0 unspecified atom stereocenters. The van der Waals surface area contributed by atoms with Crippen LogP contribution in [0.2, 0.25) is 0 Å². The van der Waals surface area contributed by atoms with Crippen molar-refractivity contribution in [2.75, 3.05) is 17.6 Å². The van der Waals surface area contributed by atoms with Crippen molar-refractivity contribution in [3.05, 3.63) is 45.4 Å². The SMILES string of the molecule is N#Cc1c(N)n[nH]c1CCCNc1ccc([N+](=O)[O-])cc1F. The van der Waals surface area contributed by atoms with Crippen LogP contribution in [-0.2, 0) is 6.42 Å². The topological polar surface area (TPSA) is 134 Å². The molecule has 0 saturated carbocycles. The Morgan fingerprint density at radius 1 is 1.55 bits per heavy atom. The van der Waals surface area contributed by atoms with Gasteiger partial charge in [-0.2, -0.15) is 10.4 Å². The molecule has 0 saturated heterocycles. The molecular formula is C13H13FN6O2. The van der Waals surface area contributed by atoms with Gasteiger partial charge in [-0.3, -0.25) is 15.2 Å². The highest BCUT2D eigenvalue weighted by Gasteiger charge is 2.11. The van der Waals surface area contributed by atoms with Crippen LogP contribution in [0.4, 0.5) is 21.6 Å². The molecule has 2 aromatic rings. The van der Waals surface area contributed by atoms with Crippen molar-refractivity contribution in [1.29, 1.82) is 5.26 Å². The first-order chi connectivity index (χ1) is 10.5. The van der Waals surface area contributed by atoms with Crippen LogP contribution in [0.25, 0.3) is 0 Å². The number of rotatable bonds is 6. The van der Waals surface area contributed by atoms with Crippen LogP contribution >= 0.6 is 0 Å². The Morgan fingerprint density at radius 2 is 2.32 bits per heavy atom. The van der Waals surface area contributed by atoms with Crippen molar-refractivity contribution in [3.63, 3.8) is 0 Å². The van der Waals surface area contributed by atoms with Crippen molar-refractivity contribution < 1.29 is 9.31 Å². The van der Waals surface area contributed by atoms with Gasteiger partial charge in [0.05, 0.1) is 22.4 Å². The van der Waals surface area contributed by atoms with Crippen molar-refractivity contribution in [3.8, 4) is 6.07 Å². The van der Waals surface area contributed by atoms with Crippen LogP contribution in [0.3, 0.4) is 0 Å². The Balaban J connectivity index is 1.89. The standard InChI is InChI=1S/C13H13FN6O2/c14-10-6-8(20(21)22)3-4-12(10)17-5-1-2-11-9(7-15)13(16)19-18-11/h3-4,6,17H,1-2,5H2,(H3,16,18,19). The largest absolute Gasteiger partial charge is 0.383 e. The van der Waals surface area contributed by atoms with Gasteiger partial charge < -0.3 is 11.1 Å². The molecule has 0 aliphatic carbocycles. The Hall–Kier alpha value is -3.15. The number of hydrogen-bond donors (Lipinski definition) is 3. The molecule has 0 bridgehead atoms. The summed E-state index contributed by atoms with van der Waals surface area (Å²) in [4.78, 5) is 9.86. The molecule has 114 valence electrons. The summed E-state index contributed by atoms with van der Waals surface area (Å²) in [6, 6.07) is 5.38. The number of halogens is 1. The van der Waals surface area contributed by atoms with Gasteiger partial charge in [0, 0.05) is 12.6 Å². The number of aromatic amines is 1. The van der Waals surface area contributed by atoms with E-state index in [4.69, 9.17) is 11.0 Å². The molecule has 0 atom stereocenters. The Kier molecular flexibility index (Phi) is 4.53. The van der Waals surface area contributed by atoms with Gasteiger partial charge in [0.2, 0.25) is 0 Å². The number of aromatic nitrogens is 2. The Morgan fingerprint density at radius 3 is 2.95 bits per heavy atom. The average Bonchev–Trinajstić information content (AvgIpc) is 2.84. The molecule has 1 aromatic heterocycles. The monoisotopic (exact) mass is 304 g/mol. The van der Waals surface area contributed by atoms with Crippen molar-refractivity contribution in [2.24, 2.45) is 0 Å². The van der Waals surface area contributed by atoms with Gasteiger partial charge in [-0.05, 0) is 18.9 Å². The fourth-order valence-electron chi connectivity index (χ4n) is 1.95. The molecule has 0 radical (unpaired) electrons. The number of non-ortho nitro benzene ring substituents is 1. The first-order valence-corrected chi connectivity index (χ1v) is 6.43. The zero-order chi connectivity index (χ0) is 16.1. The number of nitro groups is 1. The number of benzene rings is 1. The second-order valence-electron chi connectivity index (χ2n) is 4.53. The molecule has 0 spiro atoms. The van der Waals surface area contributed by atoms with Gasteiger partial charge in [-0.1, -0.05) is 0 Å². The highest BCUT2D eigenvalue weighted by molar-refractivity contribution is 5.51. The number of nitrogens with zero attached hydrogens (tertiary/aromatic N) is 3. The predicted octanol–water partition coefficient (Wildman–Crippen LogP) is 1.96. The number of nitrogens with one attached hydrogen (secondary N) is 2. The maximum Gasteiger partial charge on any atom is 0.272 e. The predicted molar refractivity (Wildman–Crippen MR) is 77.6 cm³/mol. The summed E-state index contributed by atoms with van der Waals surface area (Å²) in [5.41, 5.74) is 6.37. The zero-order valence-electron chi connectivity index (χ0n) is 11.5. The minimum Gasteiger partial charge on any atom is -0.383 e. The van der Waals surface area contributed by atoms with Crippen LogP contribution in [0.5, 0.6) is 0 Å². The van der Waals surface area contributed by atoms with Crippen LogP contribution in [0.15, 0.2) is 18.2 Å². The Bertz CT molecular complexity index is 737. The lowest BCUT2D eigenvalue weighted by Crippen LogP contribution is -2.05. The van der Waals surface area contributed by atoms with Crippen LogP contribution in [0.1, 0.15) is 17.7 Å². The third kappa shape index (κ3) is 3.29. The van der Waals surface area contributed by atoms with E-state index in [0.717, 1.165) is 6.07 Å². The second-order valence-corrected chi connectivity index (χ2v) is 4.53. The third-order valence-electron chi connectivity index (χ3n) is 3.06. The lowest BCUT2D eigenvalue weighted by atomic mass is 10.1. The molecule has 0 aliphatic heterocycles. The summed E-state index contributed by atoms with van der Waals surface area (Å²) in [7, 11) is 0. The van der Waals surface area contributed by atoms with Crippen LogP contribution in [0, 0.1) is 27.3 Å². The van der Waals surface area contributed by atoms with Gasteiger partial charge in [-0.15, -0.1) is 0 Å². The number of H-pyrrole nitrogens is 1. The molecule has 0 aliphatic rings. The van der Waals surface area contributed by atoms with E-state index in [-0.39, 0.29) is 17.2 Å². The third-order valence-corrected chi connectivity index (χ3v) is 3.06. The van der Waals surface area contributed by atoms with E-state index in [1.807, 2.05) is 6.07 Å². The summed E-state index contributed by atoms with van der Waals surface area (Å²) in [5, 5.41) is 28.7. The van der Waals surface area contributed by atoms with Gasteiger partial charge >= 0.3 is 0 Å². The minimum absolute atomic E-state index is 0.159. The molecule has 22 heavy (non-hydrogen) atoms. The first kappa shape index (κ1) is 15.2. The quantitative estimate of drug-likeness (QED) is 0.424. The maximum absolute atomic E-state index is 13.6. The van der Waals surface area contributed by atoms with E-state index < -0.39 is 10.7 Å². The molecule has 0 amide bonds. The zero-order valence-corrected chi connectivity index (χ0v) is 11.5. The van der Waals surface area contributed by atoms with E-state index in [0.29, 0.717) is 30.6 Å². The van der Waals surface area contributed by atoms with E-state index in [2.05, 4.69) is 15.5 Å². The van der Waals surface area contributed by atoms with E-state index >= 15 is 0 Å². The average molecular weight is 304 g/mol. The van der Waals surface area contributed by atoms with E-state index in [9.17, 15) is 14.5 Å². The molecule has 1 heterocycles. The van der Waals surface area contributed by atoms with Crippen LogP contribution in [-0.4, -0.2) is 21.7 Å². The van der Waals surface area contributed by atoms with Crippen LogP contribution < -0.4 is 11.1 Å². The summed E-state index contributed by atoms with van der Waals surface area (Å²) in [6.07, 6.45) is 1.13. The van der Waals surface area contributed by atoms with Gasteiger partial charge in [0.1, 0.15) is 11.6 Å². The maximum atomic E-state index is 13.6. The first-order valence-electron chi connectivity index (χ1n) is 6.43. The minimum atomic E-state index is -0.683. The number of nitrogens with two attached hydrogens (primary N) is 1. The van der Waals surface area contributed by atoms with Gasteiger partial charge in [0.25, 0.3) is 5.69 Å². The fourth-order valence-corrected chi connectivity index (χ4v) is 1.95. The second kappa shape index (κ2) is 6.53. The number of nitro benzene ring substituents is 1. The Labute approximate surface area is 124 Å². The highest BCUT2D eigenvalue weighted by Crippen LogP contribution is 2.20. The van der Waals surface area contributed by atoms with E-state index in [1.54, 1.807) is 0 Å². The van der Waals surface area contributed by atoms with Crippen molar-refractivity contribution in [2.45, 2.75) is 12.8 Å². The van der Waals surface area contributed by atoms with Gasteiger partial charge in [-0.25, -0.2) is 4.39 Å². The molecule has 2 rings (SSSR count). The number of hydrogen-bond acceptors (Lipinski definition) is 6. The lowest BCUT2D eigenvalue weighted by molar-refractivity contribution is -0.385. The smallest absolute Gasteiger partial charge is 0.272 e. The summed E-state index contributed by atoms with van der Waals surface area (Å²) in [5.74, 6) is -0.524. The highest BCUT2D eigenvalue weighted by atomic mass is 19.1. The van der Waals surface area contributed by atoms with E-state index in [1.165, 1.54) is 12.1 Å². The summed E-state index contributed by atoms with van der Waals surface area (Å²) < 4.78 is 13.6. The summed E-state index contributed by atoms with van der Waals surface area (Å²) in [6.45, 7) is 0.429. The fraction of sp³-hybridized carbons (Fsp3) is 0.231. The molecule has 9 heteroatoms. The van der Waals surface area contributed by atoms with Crippen molar-refractivity contribution >= 4 is 17.2 Å². The molecule has 8 nitrogen and oxygen atoms in total. The molecule has 0 fully saturated rings. The number of nitriles is 1. The molecule has 4 N–H and O–H groups in total. The number of aryl methyl sites for hydroxylation is 1. The van der Waals surface area contributed by atoms with Crippen molar-refractivity contribution in [1.82, 2.24) is 10.2 Å².